The van der Waals surface area contributed by atoms with Crippen LogP contribution in [-0.2, 0) is 26.6 Å². The van der Waals surface area contributed by atoms with Crippen molar-refractivity contribution in [2.45, 2.75) is 55.0 Å². The summed E-state index contributed by atoms with van der Waals surface area (Å²) in [5, 5.41) is 36.2. The van der Waals surface area contributed by atoms with Crippen molar-refractivity contribution in [1.29, 1.82) is 0 Å². The highest BCUT2D eigenvalue weighted by Crippen LogP contribution is 2.57. The second-order valence-corrected chi connectivity index (χ2v) is 12.0. The van der Waals surface area contributed by atoms with E-state index in [-0.39, 0.29) is 18.3 Å². The van der Waals surface area contributed by atoms with E-state index in [0.717, 1.165) is 44.9 Å². The number of benzene rings is 1. The van der Waals surface area contributed by atoms with Crippen LogP contribution in [-0.4, -0.2) is 57.6 Å². The van der Waals surface area contributed by atoms with Crippen molar-refractivity contribution in [3.8, 4) is 0 Å². The fourth-order valence-electron chi connectivity index (χ4n) is 2.93. The molecule has 14 heteroatoms. The molecule has 2 rings (SSSR count). The van der Waals surface area contributed by atoms with Crippen LogP contribution < -0.4 is 10.6 Å². The number of hydrogen-bond donors (Lipinski definition) is 4. The molecule has 32 heavy (non-hydrogen) atoms. The van der Waals surface area contributed by atoms with E-state index in [1.807, 2.05) is 0 Å². The molecule has 0 saturated heterocycles. The molecule has 184 valence electrons. The van der Waals surface area contributed by atoms with Crippen LogP contribution in [0.25, 0.3) is 0 Å². The molecular formula is C18H29Cl3N3O7P. The Balaban J connectivity index is 0.000000368. The minimum atomic E-state index is -3.73. The van der Waals surface area contributed by atoms with Crippen LogP contribution >= 0.6 is 42.4 Å². The summed E-state index contributed by atoms with van der Waals surface area (Å²) in [4.78, 5) is 10.6. The molecular weight excluding hydrogens is 508 g/mol. The van der Waals surface area contributed by atoms with E-state index in [4.69, 9.17) is 34.8 Å². The first-order valence-electron chi connectivity index (χ1n) is 9.66. The van der Waals surface area contributed by atoms with E-state index in [2.05, 4.69) is 33.5 Å². The van der Waals surface area contributed by atoms with Crippen LogP contribution in [0.1, 0.15) is 31.4 Å². The first-order valence-corrected chi connectivity index (χ1v) is 12.4. The Hall–Kier alpha value is -0.680. The summed E-state index contributed by atoms with van der Waals surface area (Å²) in [6.07, 6.45) is 1.85. The third-order valence-electron chi connectivity index (χ3n) is 4.67. The highest BCUT2D eigenvalue weighted by atomic mass is 35.6. The molecule has 1 aliphatic rings. The number of fused-ring (bicyclic) bond motifs is 1. The standard InChI is InChI=1S/C14H21N3O3.C4H8Cl3O4P/c1-9(2)15-7-12-4-3-10-5-11(8-18)14(17(19)20)6-13(10)16-12;1-10-12(9,11-2)3(8)4(5,6)7/h5-6,9,12,15-16,18H,3-4,7-8H2,1-2H3;3,8H,1-2H3. The van der Waals surface area contributed by atoms with Crippen LogP contribution in [0.4, 0.5) is 11.4 Å². The number of alkyl halides is 3. The lowest BCUT2D eigenvalue weighted by atomic mass is 9.95. The predicted molar refractivity (Wildman–Crippen MR) is 126 cm³/mol. The molecule has 1 heterocycles. The lowest BCUT2D eigenvalue weighted by molar-refractivity contribution is -0.385. The van der Waals surface area contributed by atoms with E-state index in [1.165, 1.54) is 0 Å². The summed E-state index contributed by atoms with van der Waals surface area (Å²) < 4.78 is 18.1. The fraction of sp³-hybridized carbons (Fsp3) is 0.667. The summed E-state index contributed by atoms with van der Waals surface area (Å²) in [5.74, 6) is -1.80. The van der Waals surface area contributed by atoms with Crippen molar-refractivity contribution in [1.82, 2.24) is 5.32 Å². The number of aryl methyl sites for hydroxylation is 1. The van der Waals surface area contributed by atoms with Crippen molar-refractivity contribution in [2.75, 3.05) is 26.1 Å². The maximum Gasteiger partial charge on any atom is 0.362 e. The molecule has 0 spiro atoms. The number of halogens is 3. The second kappa shape index (κ2) is 12.7. The Morgan fingerprint density at radius 1 is 1.34 bits per heavy atom. The van der Waals surface area contributed by atoms with E-state index < -0.39 is 22.2 Å². The number of aliphatic hydroxyl groups is 2. The maximum absolute atomic E-state index is 11.3. The first kappa shape index (κ1) is 29.4. The lowest BCUT2D eigenvalue weighted by Gasteiger charge is -2.28. The van der Waals surface area contributed by atoms with Gasteiger partial charge in [-0.1, -0.05) is 48.7 Å². The highest BCUT2D eigenvalue weighted by molar-refractivity contribution is 7.54. The molecule has 0 fully saturated rings. The van der Waals surface area contributed by atoms with Gasteiger partial charge in [-0.15, -0.1) is 0 Å². The monoisotopic (exact) mass is 535 g/mol. The minimum absolute atomic E-state index is 0.0174. The van der Waals surface area contributed by atoms with Gasteiger partial charge in [0.05, 0.1) is 17.1 Å². The number of nitro groups is 1. The predicted octanol–water partition coefficient (Wildman–Crippen LogP) is 3.97. The van der Waals surface area contributed by atoms with Crippen LogP contribution in [0.15, 0.2) is 12.1 Å². The average Bonchev–Trinajstić information content (AvgIpc) is 2.75. The summed E-state index contributed by atoms with van der Waals surface area (Å²) >= 11 is 15.8. The number of nitrogens with one attached hydrogen (secondary N) is 2. The summed E-state index contributed by atoms with van der Waals surface area (Å²) in [7, 11) is -1.56. The van der Waals surface area contributed by atoms with E-state index in [1.54, 1.807) is 12.1 Å². The van der Waals surface area contributed by atoms with Crippen LogP contribution in [0.5, 0.6) is 0 Å². The SMILES string of the molecule is CC(C)NCC1CCc2cc(CO)c([N+](=O)[O-])cc2N1.COP(=O)(OC)C(O)C(Cl)(Cl)Cl. The largest absolute Gasteiger partial charge is 0.391 e. The van der Waals surface area contributed by atoms with Crippen molar-refractivity contribution < 1.29 is 28.7 Å². The first-order chi connectivity index (χ1) is 14.8. The van der Waals surface area contributed by atoms with Gasteiger partial charge in [0.1, 0.15) is 0 Å². The van der Waals surface area contributed by atoms with E-state index >= 15 is 0 Å². The molecule has 2 unspecified atom stereocenters. The number of hydrogen-bond acceptors (Lipinski definition) is 9. The topological polar surface area (TPSA) is 143 Å². The van der Waals surface area contributed by atoms with Gasteiger partial charge >= 0.3 is 7.60 Å². The Kier molecular flexibility index (Phi) is 11.6. The molecule has 0 aromatic heterocycles. The van der Waals surface area contributed by atoms with Gasteiger partial charge in [0.2, 0.25) is 9.64 Å². The normalized spacial score (nSPS) is 17.1. The summed E-state index contributed by atoms with van der Waals surface area (Å²) in [5.41, 5.74) is 2.22. The van der Waals surface area contributed by atoms with Gasteiger partial charge in [-0.3, -0.25) is 14.7 Å². The van der Waals surface area contributed by atoms with Crippen LogP contribution in [0, 0.1) is 10.1 Å². The number of nitro benzene ring substituents is 1. The molecule has 1 aromatic rings. The van der Waals surface area contributed by atoms with Gasteiger partial charge in [-0.05, 0) is 24.5 Å². The Labute approximate surface area is 202 Å². The molecule has 2 atom stereocenters. The molecule has 4 N–H and O–H groups in total. The van der Waals surface area contributed by atoms with Crippen LogP contribution in [0.2, 0.25) is 0 Å². The zero-order chi connectivity index (χ0) is 24.7. The molecule has 0 amide bonds. The Morgan fingerprint density at radius 2 is 1.94 bits per heavy atom. The van der Waals surface area contributed by atoms with Crippen molar-refractivity contribution in [2.24, 2.45) is 0 Å². The van der Waals surface area contributed by atoms with Crippen LogP contribution in [0.3, 0.4) is 0 Å². The van der Waals surface area contributed by atoms with Crippen molar-refractivity contribution in [3.05, 3.63) is 33.4 Å². The maximum atomic E-state index is 11.3. The molecule has 0 radical (unpaired) electrons. The van der Waals surface area contributed by atoms with E-state index in [9.17, 15) is 24.9 Å². The van der Waals surface area contributed by atoms with Gasteiger partial charge in [0, 0.05) is 44.6 Å². The minimum Gasteiger partial charge on any atom is -0.391 e. The average molecular weight is 537 g/mol. The number of aliphatic hydroxyl groups excluding tert-OH is 2. The molecule has 1 aromatic carbocycles. The third-order valence-corrected chi connectivity index (χ3v) is 7.75. The Morgan fingerprint density at radius 3 is 2.34 bits per heavy atom. The number of rotatable bonds is 8. The molecule has 0 aliphatic carbocycles. The summed E-state index contributed by atoms with van der Waals surface area (Å²) in [6.45, 7) is 4.72. The number of nitrogens with zero attached hydrogens (tertiary/aromatic N) is 1. The quantitative estimate of drug-likeness (QED) is 0.168. The molecule has 0 saturated carbocycles. The third kappa shape index (κ3) is 8.27. The second-order valence-electron chi connectivity index (χ2n) is 7.32. The van der Waals surface area contributed by atoms with Gasteiger partial charge in [0.25, 0.3) is 5.69 Å². The molecule has 0 bridgehead atoms. The van der Waals surface area contributed by atoms with Gasteiger partial charge in [0.15, 0.2) is 0 Å². The number of anilines is 1. The molecule has 10 nitrogen and oxygen atoms in total. The smallest absolute Gasteiger partial charge is 0.362 e. The van der Waals surface area contributed by atoms with Gasteiger partial charge in [-0.2, -0.15) is 0 Å². The highest BCUT2D eigenvalue weighted by Gasteiger charge is 2.46. The summed E-state index contributed by atoms with van der Waals surface area (Å²) in [6, 6.07) is 3.99. The zero-order valence-electron chi connectivity index (χ0n) is 18.2. The fourth-order valence-corrected chi connectivity index (χ4v) is 4.91. The van der Waals surface area contributed by atoms with Gasteiger partial charge < -0.3 is 29.9 Å². The van der Waals surface area contributed by atoms with Gasteiger partial charge in [-0.25, -0.2) is 0 Å². The van der Waals surface area contributed by atoms with Crippen molar-refractivity contribution >= 4 is 53.8 Å². The van der Waals surface area contributed by atoms with Crippen molar-refractivity contribution in [3.63, 3.8) is 0 Å². The molecule has 1 aliphatic heterocycles. The zero-order valence-corrected chi connectivity index (χ0v) is 21.3. The lowest BCUT2D eigenvalue weighted by Crippen LogP contribution is -2.38. The Bertz CT molecular complexity index is 816. The van der Waals surface area contributed by atoms with E-state index in [0.29, 0.717) is 11.6 Å².